The third-order valence-electron chi connectivity index (χ3n) is 1.10. The topological polar surface area (TPSA) is 0 Å². The summed E-state index contributed by atoms with van der Waals surface area (Å²) in [7, 11) is 0. The predicted octanol–water partition coefficient (Wildman–Crippen LogP) is 3.25. The standard InChI is InChI=1S/C7H5ClF2S/c8-4-11-7-3-5(9)1-2-6(7)10/h1-3H,4H2. The summed E-state index contributed by atoms with van der Waals surface area (Å²) in [5, 5.41) is 0.223. The summed E-state index contributed by atoms with van der Waals surface area (Å²) < 4.78 is 25.2. The Hall–Kier alpha value is -0.280. The smallest absolute Gasteiger partial charge is 0.137 e. The summed E-state index contributed by atoms with van der Waals surface area (Å²) in [5.41, 5.74) is 0. The van der Waals surface area contributed by atoms with Gasteiger partial charge in [0.15, 0.2) is 0 Å². The molecule has 0 bridgehead atoms. The predicted molar refractivity (Wildman–Crippen MR) is 42.9 cm³/mol. The van der Waals surface area contributed by atoms with E-state index in [9.17, 15) is 8.78 Å². The van der Waals surface area contributed by atoms with Crippen LogP contribution in [0, 0.1) is 11.6 Å². The molecule has 0 saturated heterocycles. The minimum absolute atomic E-state index is 0.223. The quantitative estimate of drug-likeness (QED) is 0.515. The third-order valence-corrected chi connectivity index (χ3v) is 2.16. The van der Waals surface area contributed by atoms with Gasteiger partial charge in [0.1, 0.15) is 11.6 Å². The first-order chi connectivity index (χ1) is 5.24. The van der Waals surface area contributed by atoms with Gasteiger partial charge in [-0.15, -0.1) is 23.4 Å². The minimum Gasteiger partial charge on any atom is -0.207 e. The maximum absolute atomic E-state index is 12.7. The van der Waals surface area contributed by atoms with E-state index in [1.165, 1.54) is 0 Å². The SMILES string of the molecule is Fc1ccc(F)c(SCCl)c1. The Bertz CT molecular complexity index is 252. The van der Waals surface area contributed by atoms with Gasteiger partial charge in [-0.1, -0.05) is 0 Å². The molecule has 0 aliphatic rings. The highest BCUT2D eigenvalue weighted by atomic mass is 35.5. The molecular formula is C7H5ClF2S. The van der Waals surface area contributed by atoms with Crippen molar-refractivity contribution in [2.45, 2.75) is 4.90 Å². The summed E-state index contributed by atoms with van der Waals surface area (Å²) in [4.78, 5) is 0.250. The molecule has 0 spiro atoms. The van der Waals surface area contributed by atoms with Crippen LogP contribution >= 0.6 is 23.4 Å². The molecule has 0 atom stereocenters. The minimum atomic E-state index is -0.445. The van der Waals surface area contributed by atoms with Gasteiger partial charge in [-0.25, -0.2) is 8.78 Å². The van der Waals surface area contributed by atoms with Gasteiger partial charge in [-0.3, -0.25) is 0 Å². The largest absolute Gasteiger partial charge is 0.207 e. The molecule has 1 rings (SSSR count). The molecule has 0 saturated carbocycles. The summed E-state index contributed by atoms with van der Waals surface area (Å²) in [6.07, 6.45) is 0. The van der Waals surface area contributed by atoms with E-state index >= 15 is 0 Å². The van der Waals surface area contributed by atoms with E-state index in [-0.39, 0.29) is 10.1 Å². The second-order valence-corrected chi connectivity index (χ2v) is 3.43. The Morgan fingerprint density at radius 3 is 2.73 bits per heavy atom. The third kappa shape index (κ3) is 2.34. The van der Waals surface area contributed by atoms with Crippen molar-refractivity contribution in [1.29, 1.82) is 0 Å². The van der Waals surface area contributed by atoms with Crippen LogP contribution < -0.4 is 0 Å². The van der Waals surface area contributed by atoms with Crippen LogP contribution in [-0.2, 0) is 0 Å². The van der Waals surface area contributed by atoms with E-state index in [1.54, 1.807) is 0 Å². The van der Waals surface area contributed by atoms with Crippen LogP contribution in [0.1, 0.15) is 0 Å². The summed E-state index contributed by atoms with van der Waals surface area (Å²) in [5.74, 6) is -0.879. The zero-order valence-corrected chi connectivity index (χ0v) is 7.05. The maximum atomic E-state index is 12.7. The van der Waals surface area contributed by atoms with Gasteiger partial charge in [0.05, 0.1) is 5.21 Å². The normalized spacial score (nSPS) is 10.1. The first-order valence-corrected chi connectivity index (χ1v) is 4.40. The van der Waals surface area contributed by atoms with E-state index in [4.69, 9.17) is 11.6 Å². The molecule has 4 heteroatoms. The van der Waals surface area contributed by atoms with E-state index in [2.05, 4.69) is 0 Å². The lowest BCUT2D eigenvalue weighted by Crippen LogP contribution is -1.82. The molecule has 0 amide bonds. The van der Waals surface area contributed by atoms with Gasteiger partial charge in [0.25, 0.3) is 0 Å². The van der Waals surface area contributed by atoms with E-state index in [1.807, 2.05) is 0 Å². The number of halogens is 3. The van der Waals surface area contributed by atoms with Crippen LogP contribution in [0.2, 0.25) is 0 Å². The van der Waals surface area contributed by atoms with Gasteiger partial charge < -0.3 is 0 Å². The van der Waals surface area contributed by atoms with Crippen molar-refractivity contribution in [2.24, 2.45) is 0 Å². The Balaban J connectivity index is 2.93. The zero-order chi connectivity index (χ0) is 8.27. The van der Waals surface area contributed by atoms with Crippen molar-refractivity contribution in [3.63, 3.8) is 0 Å². The van der Waals surface area contributed by atoms with Gasteiger partial charge in [-0.2, -0.15) is 0 Å². The van der Waals surface area contributed by atoms with E-state index in [0.717, 1.165) is 30.0 Å². The van der Waals surface area contributed by atoms with Gasteiger partial charge in [0.2, 0.25) is 0 Å². The van der Waals surface area contributed by atoms with Gasteiger partial charge >= 0.3 is 0 Å². The summed E-state index contributed by atoms with van der Waals surface area (Å²) in [6.45, 7) is 0. The maximum Gasteiger partial charge on any atom is 0.137 e. The van der Waals surface area contributed by atoms with Crippen LogP contribution in [0.25, 0.3) is 0 Å². The van der Waals surface area contributed by atoms with Crippen LogP contribution in [0.3, 0.4) is 0 Å². The average Bonchev–Trinajstić information content (AvgIpc) is 1.98. The number of hydrogen-bond donors (Lipinski definition) is 0. The van der Waals surface area contributed by atoms with Crippen molar-refractivity contribution < 1.29 is 8.78 Å². The first-order valence-electron chi connectivity index (χ1n) is 2.88. The second-order valence-electron chi connectivity index (χ2n) is 1.83. The summed E-state index contributed by atoms with van der Waals surface area (Å²) >= 11 is 6.40. The molecule has 0 aliphatic carbocycles. The number of thioether (sulfide) groups is 1. The molecule has 1 aromatic rings. The molecule has 0 nitrogen and oxygen atoms in total. The molecule has 11 heavy (non-hydrogen) atoms. The van der Waals surface area contributed by atoms with Gasteiger partial charge in [-0.05, 0) is 18.2 Å². The lowest BCUT2D eigenvalue weighted by Gasteiger charge is -1.98. The Kier molecular flexibility index (Phi) is 3.15. The molecule has 0 aromatic heterocycles. The van der Waals surface area contributed by atoms with Crippen molar-refractivity contribution in [2.75, 3.05) is 5.21 Å². The fourth-order valence-corrected chi connectivity index (χ4v) is 1.52. The van der Waals surface area contributed by atoms with Crippen LogP contribution in [0.4, 0.5) is 8.78 Å². The second kappa shape index (κ2) is 3.93. The molecule has 0 N–H and O–H groups in total. The van der Waals surface area contributed by atoms with E-state index in [0.29, 0.717) is 0 Å². The Morgan fingerprint density at radius 1 is 1.36 bits per heavy atom. The molecule has 0 radical (unpaired) electrons. The highest BCUT2D eigenvalue weighted by Crippen LogP contribution is 2.22. The number of hydrogen-bond acceptors (Lipinski definition) is 1. The Labute approximate surface area is 72.6 Å². The molecule has 1 aromatic carbocycles. The highest BCUT2D eigenvalue weighted by Gasteiger charge is 2.02. The molecule has 0 fully saturated rings. The fourth-order valence-electron chi connectivity index (χ4n) is 0.647. The fraction of sp³-hybridized carbons (Fsp3) is 0.143. The number of rotatable bonds is 2. The van der Waals surface area contributed by atoms with Crippen molar-refractivity contribution in [3.05, 3.63) is 29.8 Å². The first kappa shape index (κ1) is 8.81. The van der Waals surface area contributed by atoms with Crippen molar-refractivity contribution in [3.8, 4) is 0 Å². The molecule has 0 aliphatic heterocycles. The van der Waals surface area contributed by atoms with Crippen molar-refractivity contribution >= 4 is 23.4 Å². The van der Waals surface area contributed by atoms with Crippen LogP contribution in [-0.4, -0.2) is 5.21 Å². The monoisotopic (exact) mass is 194 g/mol. The van der Waals surface area contributed by atoms with Crippen LogP contribution in [0.5, 0.6) is 0 Å². The highest BCUT2D eigenvalue weighted by molar-refractivity contribution is 8.00. The van der Waals surface area contributed by atoms with Gasteiger partial charge in [0, 0.05) is 4.90 Å². The number of benzene rings is 1. The lowest BCUT2D eigenvalue weighted by molar-refractivity contribution is 0.577. The molecule has 0 unspecified atom stereocenters. The van der Waals surface area contributed by atoms with Crippen molar-refractivity contribution in [1.82, 2.24) is 0 Å². The van der Waals surface area contributed by atoms with Crippen LogP contribution in [0.15, 0.2) is 23.1 Å². The lowest BCUT2D eigenvalue weighted by atomic mass is 10.3. The zero-order valence-electron chi connectivity index (χ0n) is 5.48. The average molecular weight is 195 g/mol. The molecule has 0 heterocycles. The number of alkyl halides is 1. The molecule has 60 valence electrons. The summed E-state index contributed by atoms with van der Waals surface area (Å²) in [6, 6.07) is 3.29. The molecular weight excluding hydrogens is 190 g/mol. The Morgan fingerprint density at radius 2 is 2.09 bits per heavy atom. The van der Waals surface area contributed by atoms with E-state index < -0.39 is 11.6 Å².